The number of aliphatic hydroxyl groups is 1. The van der Waals surface area contributed by atoms with Gasteiger partial charge in [0.05, 0.1) is 11.7 Å². The summed E-state index contributed by atoms with van der Waals surface area (Å²) in [7, 11) is 0. The van der Waals surface area contributed by atoms with Crippen molar-refractivity contribution in [3.63, 3.8) is 0 Å². The zero-order valence-corrected chi connectivity index (χ0v) is 8.66. The summed E-state index contributed by atoms with van der Waals surface area (Å²) in [4.78, 5) is 0. The third-order valence-electron chi connectivity index (χ3n) is 2.36. The van der Waals surface area contributed by atoms with E-state index in [1.54, 1.807) is 13.8 Å². The largest absolute Gasteiger partial charge is 0.490 e. The SMILES string of the molecule is CC(C)(O)c1ccccc1OC1CC1. The molecule has 0 spiro atoms. The van der Waals surface area contributed by atoms with Crippen molar-refractivity contribution < 1.29 is 9.84 Å². The standard InChI is InChI=1S/C12H16O2/c1-12(2,13)10-5-3-4-6-11(10)14-9-7-8-9/h3-6,9,13H,7-8H2,1-2H3. The average molecular weight is 192 g/mol. The van der Waals surface area contributed by atoms with Gasteiger partial charge in [-0.3, -0.25) is 0 Å². The first-order valence-corrected chi connectivity index (χ1v) is 5.06. The Balaban J connectivity index is 2.27. The van der Waals surface area contributed by atoms with Crippen LogP contribution in [0.3, 0.4) is 0 Å². The molecule has 1 N–H and O–H groups in total. The molecule has 0 heterocycles. The molecular formula is C12H16O2. The van der Waals surface area contributed by atoms with Crippen LogP contribution >= 0.6 is 0 Å². The van der Waals surface area contributed by atoms with Crippen molar-refractivity contribution in [3.05, 3.63) is 29.8 Å². The summed E-state index contributed by atoms with van der Waals surface area (Å²) in [5, 5.41) is 9.92. The van der Waals surface area contributed by atoms with Gasteiger partial charge in [-0.2, -0.15) is 0 Å². The Kier molecular flexibility index (Phi) is 2.23. The van der Waals surface area contributed by atoms with E-state index >= 15 is 0 Å². The van der Waals surface area contributed by atoms with Crippen LogP contribution < -0.4 is 4.74 Å². The average Bonchev–Trinajstić information content (AvgIpc) is 2.87. The summed E-state index contributed by atoms with van der Waals surface area (Å²) < 4.78 is 5.72. The molecule has 0 unspecified atom stereocenters. The Bertz CT molecular complexity index is 321. The van der Waals surface area contributed by atoms with E-state index in [4.69, 9.17) is 4.74 Å². The topological polar surface area (TPSA) is 29.5 Å². The third-order valence-corrected chi connectivity index (χ3v) is 2.36. The molecule has 0 aromatic heterocycles. The summed E-state index contributed by atoms with van der Waals surface area (Å²) in [6.45, 7) is 3.56. The lowest BCUT2D eigenvalue weighted by Crippen LogP contribution is -2.17. The molecule has 0 radical (unpaired) electrons. The fourth-order valence-corrected chi connectivity index (χ4v) is 1.44. The predicted molar refractivity (Wildman–Crippen MR) is 55.3 cm³/mol. The summed E-state index contributed by atoms with van der Waals surface area (Å²) >= 11 is 0. The maximum Gasteiger partial charge on any atom is 0.125 e. The van der Waals surface area contributed by atoms with Crippen molar-refractivity contribution in [1.82, 2.24) is 0 Å². The Morgan fingerprint density at radius 3 is 2.50 bits per heavy atom. The highest BCUT2D eigenvalue weighted by Crippen LogP contribution is 2.33. The molecule has 1 aromatic rings. The molecule has 1 aliphatic carbocycles. The predicted octanol–water partition coefficient (Wildman–Crippen LogP) is 2.46. The second kappa shape index (κ2) is 3.28. The monoisotopic (exact) mass is 192 g/mol. The minimum absolute atomic E-state index is 0.374. The summed E-state index contributed by atoms with van der Waals surface area (Å²) in [6.07, 6.45) is 2.65. The van der Waals surface area contributed by atoms with Crippen molar-refractivity contribution in [3.8, 4) is 5.75 Å². The van der Waals surface area contributed by atoms with E-state index < -0.39 is 5.60 Å². The van der Waals surface area contributed by atoms with Gasteiger partial charge < -0.3 is 9.84 Å². The van der Waals surface area contributed by atoms with E-state index in [0.29, 0.717) is 6.10 Å². The van der Waals surface area contributed by atoms with E-state index in [2.05, 4.69) is 0 Å². The van der Waals surface area contributed by atoms with E-state index in [-0.39, 0.29) is 0 Å². The third kappa shape index (κ3) is 2.07. The van der Waals surface area contributed by atoms with Crippen molar-refractivity contribution in [2.75, 3.05) is 0 Å². The van der Waals surface area contributed by atoms with Crippen molar-refractivity contribution in [2.45, 2.75) is 38.4 Å². The van der Waals surface area contributed by atoms with Crippen LogP contribution in [0.15, 0.2) is 24.3 Å². The first-order valence-electron chi connectivity index (χ1n) is 5.06. The van der Waals surface area contributed by atoms with Gasteiger partial charge in [0.1, 0.15) is 5.75 Å². The van der Waals surface area contributed by atoms with Crippen molar-refractivity contribution in [2.24, 2.45) is 0 Å². The molecule has 2 rings (SSSR count). The molecule has 1 saturated carbocycles. The molecule has 1 aromatic carbocycles. The van der Waals surface area contributed by atoms with Crippen LogP contribution in [0.25, 0.3) is 0 Å². The van der Waals surface area contributed by atoms with Crippen LogP contribution in [0.1, 0.15) is 32.3 Å². The van der Waals surface area contributed by atoms with Gasteiger partial charge in [-0.15, -0.1) is 0 Å². The zero-order valence-electron chi connectivity index (χ0n) is 8.66. The Labute approximate surface area is 84.5 Å². The van der Waals surface area contributed by atoms with Gasteiger partial charge in [0.15, 0.2) is 0 Å². The number of hydrogen-bond donors (Lipinski definition) is 1. The molecule has 1 aliphatic rings. The first kappa shape index (κ1) is 9.53. The molecule has 2 nitrogen and oxygen atoms in total. The highest BCUT2D eigenvalue weighted by molar-refractivity contribution is 5.37. The lowest BCUT2D eigenvalue weighted by atomic mass is 9.97. The van der Waals surface area contributed by atoms with Crippen molar-refractivity contribution >= 4 is 0 Å². The number of rotatable bonds is 3. The number of ether oxygens (including phenoxy) is 1. The molecule has 0 aliphatic heterocycles. The summed E-state index contributed by atoms with van der Waals surface area (Å²) in [5.41, 5.74) is 0.0396. The van der Waals surface area contributed by atoms with Gasteiger partial charge in [-0.05, 0) is 32.8 Å². The second-order valence-corrected chi connectivity index (χ2v) is 4.37. The van der Waals surface area contributed by atoms with Gasteiger partial charge in [-0.25, -0.2) is 0 Å². The van der Waals surface area contributed by atoms with Crippen molar-refractivity contribution in [1.29, 1.82) is 0 Å². The first-order chi connectivity index (χ1) is 6.57. The minimum atomic E-state index is -0.828. The highest BCUT2D eigenvalue weighted by atomic mass is 16.5. The molecule has 2 heteroatoms. The minimum Gasteiger partial charge on any atom is -0.490 e. The van der Waals surface area contributed by atoms with E-state index in [9.17, 15) is 5.11 Å². The Hall–Kier alpha value is -1.02. The van der Waals surface area contributed by atoms with Crippen LogP contribution in [-0.4, -0.2) is 11.2 Å². The number of hydrogen-bond acceptors (Lipinski definition) is 2. The highest BCUT2D eigenvalue weighted by Gasteiger charge is 2.27. The fourth-order valence-electron chi connectivity index (χ4n) is 1.44. The normalized spacial score (nSPS) is 16.8. The Morgan fingerprint density at radius 2 is 1.93 bits per heavy atom. The molecule has 1 fully saturated rings. The van der Waals surface area contributed by atoms with Gasteiger partial charge in [0, 0.05) is 5.56 Å². The Morgan fingerprint density at radius 1 is 1.29 bits per heavy atom. The van der Waals surface area contributed by atoms with E-state index in [1.165, 1.54) is 0 Å². The fraction of sp³-hybridized carbons (Fsp3) is 0.500. The molecule has 0 amide bonds. The van der Waals surface area contributed by atoms with E-state index in [1.807, 2.05) is 24.3 Å². The summed E-state index contributed by atoms with van der Waals surface area (Å²) in [5.74, 6) is 0.822. The molecule has 14 heavy (non-hydrogen) atoms. The van der Waals surface area contributed by atoms with Gasteiger partial charge >= 0.3 is 0 Å². The molecule has 0 saturated heterocycles. The van der Waals surface area contributed by atoms with Crippen LogP contribution in [0.2, 0.25) is 0 Å². The van der Waals surface area contributed by atoms with Crippen LogP contribution in [0.4, 0.5) is 0 Å². The molecule has 0 atom stereocenters. The van der Waals surface area contributed by atoms with Crippen LogP contribution in [0, 0.1) is 0 Å². The number of para-hydroxylation sites is 1. The molecule has 0 bridgehead atoms. The van der Waals surface area contributed by atoms with Gasteiger partial charge in [0.2, 0.25) is 0 Å². The maximum atomic E-state index is 9.92. The second-order valence-electron chi connectivity index (χ2n) is 4.37. The maximum absolute atomic E-state index is 9.92. The zero-order chi connectivity index (χ0) is 10.2. The quantitative estimate of drug-likeness (QED) is 0.797. The smallest absolute Gasteiger partial charge is 0.125 e. The molecule has 76 valence electrons. The lowest BCUT2D eigenvalue weighted by molar-refractivity contribution is 0.0744. The van der Waals surface area contributed by atoms with Gasteiger partial charge in [0.25, 0.3) is 0 Å². The van der Waals surface area contributed by atoms with Crippen LogP contribution in [0.5, 0.6) is 5.75 Å². The molecular weight excluding hydrogens is 176 g/mol. The van der Waals surface area contributed by atoms with Crippen LogP contribution in [-0.2, 0) is 5.60 Å². The number of benzene rings is 1. The van der Waals surface area contributed by atoms with E-state index in [0.717, 1.165) is 24.2 Å². The van der Waals surface area contributed by atoms with Gasteiger partial charge in [-0.1, -0.05) is 18.2 Å². The lowest BCUT2D eigenvalue weighted by Gasteiger charge is -2.21. The summed E-state index contributed by atoms with van der Waals surface area (Å²) in [6, 6.07) is 7.70.